The zero-order chi connectivity index (χ0) is 13.4. The van der Waals surface area contributed by atoms with Crippen molar-refractivity contribution in [1.29, 1.82) is 0 Å². The van der Waals surface area contributed by atoms with Gasteiger partial charge in [0.1, 0.15) is 0 Å². The number of amides is 1. The fraction of sp³-hybridized carbons (Fsp3) is 0.308. The molecule has 100 valence electrons. The maximum absolute atomic E-state index is 10.9. The highest BCUT2D eigenvalue weighted by atomic mass is 35.5. The van der Waals surface area contributed by atoms with E-state index in [1.54, 1.807) is 11.3 Å². The van der Waals surface area contributed by atoms with Crippen molar-refractivity contribution in [3.8, 4) is 0 Å². The molecule has 1 saturated heterocycles. The van der Waals surface area contributed by atoms with Gasteiger partial charge in [0, 0.05) is 42.0 Å². The lowest BCUT2D eigenvalue weighted by atomic mass is 10.2. The molecule has 3 rings (SSSR count). The molecule has 2 heterocycles. The van der Waals surface area contributed by atoms with Crippen molar-refractivity contribution in [2.24, 2.45) is 0 Å². The minimum atomic E-state index is -0.837. The lowest BCUT2D eigenvalue weighted by molar-refractivity contribution is 0.142. The number of anilines is 1. The van der Waals surface area contributed by atoms with Gasteiger partial charge in [-0.2, -0.15) is 0 Å². The monoisotopic (exact) mass is 296 g/mol. The van der Waals surface area contributed by atoms with Crippen molar-refractivity contribution in [3.05, 3.63) is 28.6 Å². The van der Waals surface area contributed by atoms with Gasteiger partial charge in [-0.1, -0.05) is 17.7 Å². The highest BCUT2D eigenvalue weighted by molar-refractivity contribution is 7.22. The lowest BCUT2D eigenvalue weighted by Gasteiger charge is -2.35. The summed E-state index contributed by atoms with van der Waals surface area (Å²) in [5.74, 6) is 0. The lowest BCUT2D eigenvalue weighted by Crippen LogP contribution is -2.48. The number of carbonyl (C=O) groups is 1. The number of hydrogen-bond donors (Lipinski definition) is 1. The van der Waals surface area contributed by atoms with Gasteiger partial charge < -0.3 is 14.9 Å². The quantitative estimate of drug-likeness (QED) is 0.877. The highest BCUT2D eigenvalue weighted by Gasteiger charge is 2.21. The van der Waals surface area contributed by atoms with Gasteiger partial charge in [0.2, 0.25) is 0 Å². The van der Waals surface area contributed by atoms with Crippen LogP contribution in [0.15, 0.2) is 24.3 Å². The van der Waals surface area contributed by atoms with Crippen LogP contribution in [0.2, 0.25) is 4.34 Å². The van der Waals surface area contributed by atoms with Crippen LogP contribution in [0, 0.1) is 0 Å². The van der Waals surface area contributed by atoms with E-state index in [4.69, 9.17) is 16.7 Å². The Bertz CT molecular complexity index is 620. The minimum Gasteiger partial charge on any atom is -0.465 e. The van der Waals surface area contributed by atoms with Gasteiger partial charge in [0.25, 0.3) is 0 Å². The zero-order valence-electron chi connectivity index (χ0n) is 10.2. The molecule has 4 nitrogen and oxygen atoms in total. The van der Waals surface area contributed by atoms with Crippen molar-refractivity contribution in [3.63, 3.8) is 0 Å². The largest absolute Gasteiger partial charge is 0.465 e. The third-order valence-corrected chi connectivity index (χ3v) is 4.63. The number of carboxylic acid groups (broad SMARTS) is 1. The SMILES string of the molecule is O=C(O)N1CCN(c2cccc3sc(Cl)cc23)CC1. The molecule has 0 atom stereocenters. The summed E-state index contributed by atoms with van der Waals surface area (Å²) in [6, 6.07) is 8.14. The summed E-state index contributed by atoms with van der Waals surface area (Å²) in [4.78, 5) is 14.6. The molecule has 0 saturated carbocycles. The molecule has 0 bridgehead atoms. The average molecular weight is 297 g/mol. The number of halogens is 1. The molecule has 1 aliphatic heterocycles. The first-order valence-electron chi connectivity index (χ1n) is 6.06. The van der Waals surface area contributed by atoms with Crippen LogP contribution in [0.1, 0.15) is 0 Å². The van der Waals surface area contributed by atoms with Crippen LogP contribution in [0.25, 0.3) is 10.1 Å². The Morgan fingerprint density at radius 2 is 2.00 bits per heavy atom. The maximum atomic E-state index is 10.9. The van der Waals surface area contributed by atoms with Crippen molar-refractivity contribution in [2.45, 2.75) is 0 Å². The van der Waals surface area contributed by atoms with E-state index in [9.17, 15) is 4.79 Å². The molecule has 1 aliphatic rings. The first-order chi connectivity index (χ1) is 9.15. The van der Waals surface area contributed by atoms with Gasteiger partial charge in [-0.3, -0.25) is 0 Å². The summed E-state index contributed by atoms with van der Waals surface area (Å²) in [5.41, 5.74) is 1.14. The molecule has 0 radical (unpaired) electrons. The molecular weight excluding hydrogens is 284 g/mol. The van der Waals surface area contributed by atoms with Crippen molar-refractivity contribution < 1.29 is 9.90 Å². The van der Waals surface area contributed by atoms with Crippen LogP contribution in [0.3, 0.4) is 0 Å². The normalized spacial score (nSPS) is 16.1. The van der Waals surface area contributed by atoms with Crippen LogP contribution in [0.4, 0.5) is 10.5 Å². The summed E-state index contributed by atoms with van der Waals surface area (Å²) in [7, 11) is 0. The average Bonchev–Trinajstić information content (AvgIpc) is 2.78. The molecule has 0 spiro atoms. The van der Waals surface area contributed by atoms with E-state index in [1.165, 1.54) is 9.60 Å². The predicted molar refractivity (Wildman–Crippen MR) is 78.6 cm³/mol. The summed E-state index contributed by atoms with van der Waals surface area (Å²) in [5, 5.41) is 10.1. The fourth-order valence-corrected chi connectivity index (χ4v) is 3.59. The highest BCUT2D eigenvalue weighted by Crippen LogP contribution is 2.35. The van der Waals surface area contributed by atoms with E-state index in [2.05, 4.69) is 17.0 Å². The second kappa shape index (κ2) is 4.90. The van der Waals surface area contributed by atoms with Gasteiger partial charge in [0.05, 0.1) is 4.34 Å². The molecule has 1 aromatic carbocycles. The van der Waals surface area contributed by atoms with E-state index < -0.39 is 6.09 Å². The fourth-order valence-electron chi connectivity index (χ4n) is 2.43. The third-order valence-electron chi connectivity index (χ3n) is 3.40. The second-order valence-electron chi connectivity index (χ2n) is 4.50. The number of fused-ring (bicyclic) bond motifs is 1. The van der Waals surface area contributed by atoms with Crippen molar-refractivity contribution >= 4 is 44.8 Å². The van der Waals surface area contributed by atoms with Gasteiger partial charge >= 0.3 is 6.09 Å². The molecule has 0 aliphatic carbocycles. The molecule has 2 aromatic rings. The Balaban J connectivity index is 1.87. The van der Waals surface area contributed by atoms with E-state index in [-0.39, 0.29) is 0 Å². The van der Waals surface area contributed by atoms with Gasteiger partial charge in [-0.25, -0.2) is 4.79 Å². The Kier molecular flexibility index (Phi) is 3.24. The van der Waals surface area contributed by atoms with Gasteiger partial charge in [0.15, 0.2) is 0 Å². The number of rotatable bonds is 1. The number of benzene rings is 1. The summed E-state index contributed by atoms with van der Waals surface area (Å²) < 4.78 is 1.95. The predicted octanol–water partition coefficient (Wildman–Crippen LogP) is 3.35. The van der Waals surface area contributed by atoms with Gasteiger partial charge in [-0.05, 0) is 18.2 Å². The minimum absolute atomic E-state index is 0.545. The van der Waals surface area contributed by atoms with Crippen molar-refractivity contribution in [2.75, 3.05) is 31.1 Å². The van der Waals surface area contributed by atoms with E-state index >= 15 is 0 Å². The molecule has 1 N–H and O–H groups in total. The van der Waals surface area contributed by atoms with Crippen LogP contribution in [-0.4, -0.2) is 42.3 Å². The zero-order valence-corrected chi connectivity index (χ0v) is 11.7. The molecule has 1 aromatic heterocycles. The standard InChI is InChI=1S/C13H13ClN2O2S/c14-12-8-9-10(2-1-3-11(9)19-12)15-4-6-16(7-5-15)13(17)18/h1-3,8H,4-7H2,(H,17,18). The summed E-state index contributed by atoms with van der Waals surface area (Å²) in [6.45, 7) is 2.53. The first-order valence-corrected chi connectivity index (χ1v) is 7.25. The Morgan fingerprint density at radius 1 is 1.26 bits per heavy atom. The Labute approximate surface area is 119 Å². The van der Waals surface area contributed by atoms with Crippen LogP contribution >= 0.6 is 22.9 Å². The number of piperazine rings is 1. The first kappa shape index (κ1) is 12.6. The molecular formula is C13H13ClN2O2S. The van der Waals surface area contributed by atoms with E-state index in [1.807, 2.05) is 12.1 Å². The van der Waals surface area contributed by atoms with E-state index in [0.717, 1.165) is 28.5 Å². The topological polar surface area (TPSA) is 43.8 Å². The van der Waals surface area contributed by atoms with Crippen LogP contribution in [-0.2, 0) is 0 Å². The molecule has 6 heteroatoms. The maximum Gasteiger partial charge on any atom is 0.407 e. The third kappa shape index (κ3) is 2.35. The number of nitrogens with zero attached hydrogens (tertiary/aromatic N) is 2. The number of hydrogen-bond acceptors (Lipinski definition) is 3. The molecule has 1 amide bonds. The van der Waals surface area contributed by atoms with Crippen LogP contribution < -0.4 is 4.90 Å². The second-order valence-corrected chi connectivity index (χ2v) is 6.21. The van der Waals surface area contributed by atoms with Crippen LogP contribution in [0.5, 0.6) is 0 Å². The van der Waals surface area contributed by atoms with Crippen molar-refractivity contribution in [1.82, 2.24) is 4.90 Å². The summed E-state index contributed by atoms with van der Waals surface area (Å²) >= 11 is 7.64. The van der Waals surface area contributed by atoms with E-state index in [0.29, 0.717) is 13.1 Å². The number of thiophene rings is 1. The van der Waals surface area contributed by atoms with Gasteiger partial charge in [-0.15, -0.1) is 11.3 Å². The Hall–Kier alpha value is -1.46. The smallest absolute Gasteiger partial charge is 0.407 e. The summed E-state index contributed by atoms with van der Waals surface area (Å²) in [6.07, 6.45) is -0.837. The molecule has 19 heavy (non-hydrogen) atoms. The Morgan fingerprint density at radius 3 is 2.68 bits per heavy atom. The molecule has 1 fully saturated rings. The molecule has 0 unspecified atom stereocenters.